The second-order valence-corrected chi connectivity index (χ2v) is 9.81. The lowest BCUT2D eigenvalue weighted by Gasteiger charge is -2.52. The van der Waals surface area contributed by atoms with Gasteiger partial charge in [0.25, 0.3) is 0 Å². The molecule has 2 heterocycles. The van der Waals surface area contributed by atoms with Crippen molar-refractivity contribution < 1.29 is 14.4 Å². The molecule has 29 heavy (non-hydrogen) atoms. The molecule has 1 aliphatic heterocycles. The van der Waals surface area contributed by atoms with Crippen LogP contribution in [0.15, 0.2) is 22.7 Å². The number of hydrogen-bond donors (Lipinski definition) is 1. The first-order chi connectivity index (χ1) is 14.0. The summed E-state index contributed by atoms with van der Waals surface area (Å²) in [4.78, 5) is 12.7. The van der Waals surface area contributed by atoms with E-state index in [-0.39, 0.29) is 0 Å². The lowest BCUT2D eigenvalue weighted by atomic mass is 9.56. The van der Waals surface area contributed by atoms with Gasteiger partial charge in [-0.15, -0.1) is 0 Å². The Morgan fingerprint density at radius 3 is 2.45 bits per heavy atom. The molecule has 3 aliphatic rings. The molecule has 1 amide bonds. The SMILES string of the molecule is O=C(O)N1CCC2(CC1)CC(Cc1c(-c3c(Cl)cccc3Cl)noc1C1CC1)C2. The number of aromatic nitrogens is 1. The largest absolute Gasteiger partial charge is 0.465 e. The Morgan fingerprint density at radius 2 is 1.86 bits per heavy atom. The van der Waals surface area contributed by atoms with Crippen molar-refractivity contribution in [3.8, 4) is 11.3 Å². The fourth-order valence-corrected chi connectivity index (χ4v) is 5.86. The van der Waals surface area contributed by atoms with Crippen molar-refractivity contribution in [2.75, 3.05) is 13.1 Å². The molecular formula is C22H24Cl2N2O3. The lowest BCUT2D eigenvalue weighted by Crippen LogP contribution is -2.48. The van der Waals surface area contributed by atoms with E-state index in [4.69, 9.17) is 27.7 Å². The van der Waals surface area contributed by atoms with Gasteiger partial charge in [0.15, 0.2) is 0 Å². The Labute approximate surface area is 180 Å². The Morgan fingerprint density at radius 1 is 1.21 bits per heavy atom. The summed E-state index contributed by atoms with van der Waals surface area (Å²) in [5.41, 5.74) is 3.05. The Kier molecular flexibility index (Phi) is 4.78. The van der Waals surface area contributed by atoms with E-state index in [2.05, 4.69) is 5.16 Å². The summed E-state index contributed by atoms with van der Waals surface area (Å²) in [5, 5.41) is 14.8. The zero-order chi connectivity index (χ0) is 20.2. The third-order valence-corrected chi connectivity index (χ3v) is 7.63. The molecule has 2 aromatic rings. The maximum absolute atomic E-state index is 11.2. The maximum Gasteiger partial charge on any atom is 0.407 e. The quantitative estimate of drug-likeness (QED) is 0.618. The molecule has 5 rings (SSSR count). The van der Waals surface area contributed by atoms with Crippen LogP contribution >= 0.6 is 23.2 Å². The molecule has 1 saturated heterocycles. The fourth-order valence-electron chi connectivity index (χ4n) is 5.28. The van der Waals surface area contributed by atoms with Crippen molar-refractivity contribution in [2.24, 2.45) is 11.3 Å². The van der Waals surface area contributed by atoms with Gasteiger partial charge in [0, 0.05) is 30.1 Å². The van der Waals surface area contributed by atoms with E-state index < -0.39 is 6.09 Å². The number of halogens is 2. The third-order valence-electron chi connectivity index (χ3n) is 7.00. The summed E-state index contributed by atoms with van der Waals surface area (Å²) < 4.78 is 5.79. The van der Waals surface area contributed by atoms with Crippen molar-refractivity contribution in [2.45, 2.75) is 50.9 Å². The van der Waals surface area contributed by atoms with Crippen molar-refractivity contribution in [1.82, 2.24) is 10.1 Å². The van der Waals surface area contributed by atoms with Crippen LogP contribution in [0.3, 0.4) is 0 Å². The van der Waals surface area contributed by atoms with E-state index in [1.807, 2.05) is 18.2 Å². The van der Waals surface area contributed by atoms with Crippen LogP contribution in [-0.2, 0) is 6.42 Å². The van der Waals surface area contributed by atoms with E-state index in [9.17, 15) is 9.90 Å². The van der Waals surface area contributed by atoms with Gasteiger partial charge in [0.2, 0.25) is 0 Å². The van der Waals surface area contributed by atoms with Crippen molar-refractivity contribution in [3.05, 3.63) is 39.6 Å². The molecule has 2 aliphatic carbocycles. The van der Waals surface area contributed by atoms with Gasteiger partial charge >= 0.3 is 6.09 Å². The zero-order valence-corrected chi connectivity index (χ0v) is 17.7. The molecule has 2 saturated carbocycles. The summed E-state index contributed by atoms with van der Waals surface area (Å²) in [6.07, 6.45) is 6.66. The molecule has 3 fully saturated rings. The summed E-state index contributed by atoms with van der Waals surface area (Å²) >= 11 is 12.9. The predicted octanol–water partition coefficient (Wildman–Crippen LogP) is 6.24. The highest BCUT2D eigenvalue weighted by Crippen LogP contribution is 2.55. The molecule has 1 aromatic carbocycles. The fraction of sp³-hybridized carbons (Fsp3) is 0.545. The number of benzene rings is 1. The van der Waals surface area contributed by atoms with E-state index in [0.29, 0.717) is 40.4 Å². The first-order valence-corrected chi connectivity index (χ1v) is 11.1. The lowest BCUT2D eigenvalue weighted by molar-refractivity contribution is -0.00852. The van der Waals surface area contributed by atoms with Crippen molar-refractivity contribution in [3.63, 3.8) is 0 Å². The topological polar surface area (TPSA) is 66.6 Å². The highest BCUT2D eigenvalue weighted by atomic mass is 35.5. The number of carboxylic acid groups (broad SMARTS) is 1. The number of carbonyl (C=O) groups is 1. The second-order valence-electron chi connectivity index (χ2n) is 8.99. The number of piperidine rings is 1. The number of likely N-dealkylation sites (tertiary alicyclic amines) is 1. The van der Waals surface area contributed by atoms with Gasteiger partial charge in [-0.25, -0.2) is 4.79 Å². The molecule has 0 bridgehead atoms. The van der Waals surface area contributed by atoms with Crippen LogP contribution in [0, 0.1) is 11.3 Å². The van der Waals surface area contributed by atoms with Crippen LogP contribution in [0.25, 0.3) is 11.3 Å². The monoisotopic (exact) mass is 434 g/mol. The molecule has 1 N–H and O–H groups in total. The number of amides is 1. The van der Waals surface area contributed by atoms with Gasteiger partial charge in [-0.3, -0.25) is 0 Å². The Hall–Kier alpha value is -1.72. The molecular weight excluding hydrogens is 411 g/mol. The van der Waals surface area contributed by atoms with Crippen LogP contribution in [0.2, 0.25) is 10.0 Å². The van der Waals surface area contributed by atoms with Crippen LogP contribution in [-0.4, -0.2) is 34.3 Å². The van der Waals surface area contributed by atoms with Crippen LogP contribution in [0.4, 0.5) is 4.79 Å². The number of rotatable bonds is 4. The van der Waals surface area contributed by atoms with Gasteiger partial charge < -0.3 is 14.5 Å². The normalized spacial score (nSPS) is 21.4. The van der Waals surface area contributed by atoms with Crippen molar-refractivity contribution >= 4 is 29.3 Å². The minimum Gasteiger partial charge on any atom is -0.465 e. The molecule has 0 radical (unpaired) electrons. The minimum atomic E-state index is -0.796. The zero-order valence-electron chi connectivity index (χ0n) is 16.2. The van der Waals surface area contributed by atoms with E-state index in [1.54, 1.807) is 4.90 Å². The molecule has 1 spiro atoms. The Balaban J connectivity index is 1.35. The van der Waals surface area contributed by atoms with Crippen LogP contribution < -0.4 is 0 Å². The third kappa shape index (κ3) is 3.53. The molecule has 1 aromatic heterocycles. The molecule has 0 atom stereocenters. The summed E-state index contributed by atoms with van der Waals surface area (Å²) in [6, 6.07) is 5.52. The van der Waals surface area contributed by atoms with Gasteiger partial charge in [-0.1, -0.05) is 34.4 Å². The van der Waals surface area contributed by atoms with E-state index >= 15 is 0 Å². The van der Waals surface area contributed by atoms with Gasteiger partial charge in [-0.05, 0) is 68.4 Å². The highest BCUT2D eigenvalue weighted by molar-refractivity contribution is 6.39. The Bertz CT molecular complexity index is 917. The smallest absolute Gasteiger partial charge is 0.407 e. The molecule has 154 valence electrons. The van der Waals surface area contributed by atoms with E-state index in [0.717, 1.165) is 62.0 Å². The summed E-state index contributed by atoms with van der Waals surface area (Å²) in [7, 11) is 0. The maximum atomic E-state index is 11.2. The van der Waals surface area contributed by atoms with Gasteiger partial charge in [0.1, 0.15) is 11.5 Å². The van der Waals surface area contributed by atoms with Crippen molar-refractivity contribution in [1.29, 1.82) is 0 Å². The molecule has 0 unspecified atom stereocenters. The van der Waals surface area contributed by atoms with E-state index in [1.165, 1.54) is 5.56 Å². The van der Waals surface area contributed by atoms with Crippen LogP contribution in [0.1, 0.15) is 55.8 Å². The average Bonchev–Trinajstić information content (AvgIpc) is 3.43. The molecule has 7 heteroatoms. The standard InChI is InChI=1S/C22H24Cl2N2O3/c23-16-2-1-3-17(24)18(16)19-15(20(29-25-19)14-4-5-14)10-13-11-22(12-13)6-8-26(9-7-22)21(27)28/h1-3,13-14H,4-12H2,(H,27,28). The number of hydrogen-bond acceptors (Lipinski definition) is 3. The van der Waals surface area contributed by atoms with Gasteiger partial charge in [-0.2, -0.15) is 0 Å². The second kappa shape index (κ2) is 7.21. The van der Waals surface area contributed by atoms with Gasteiger partial charge in [0.05, 0.1) is 10.0 Å². The first kappa shape index (κ1) is 19.3. The summed E-state index contributed by atoms with van der Waals surface area (Å²) in [6.45, 7) is 1.31. The molecule has 5 nitrogen and oxygen atoms in total. The average molecular weight is 435 g/mol. The van der Waals surface area contributed by atoms with Crippen LogP contribution in [0.5, 0.6) is 0 Å². The number of nitrogens with zero attached hydrogens (tertiary/aromatic N) is 2. The highest BCUT2D eigenvalue weighted by Gasteiger charge is 2.47. The first-order valence-electron chi connectivity index (χ1n) is 10.4. The minimum absolute atomic E-state index is 0.315. The predicted molar refractivity (Wildman–Crippen MR) is 112 cm³/mol. The summed E-state index contributed by atoms with van der Waals surface area (Å²) in [5.74, 6) is 2.06.